The Kier molecular flexibility index (Phi) is 6.05. The smallest absolute Gasteiger partial charge is 0.274 e. The molecule has 2 heterocycles. The maximum Gasteiger partial charge on any atom is 0.274 e. The second-order valence-electron chi connectivity index (χ2n) is 8.06. The highest BCUT2D eigenvalue weighted by Gasteiger charge is 2.31. The minimum atomic E-state index is -0.0259. The first-order valence-corrected chi connectivity index (χ1v) is 9.97. The zero-order valence-corrected chi connectivity index (χ0v) is 17.2. The molecule has 148 valence electrons. The molecule has 6 nitrogen and oxygen atoms in total. The van der Waals surface area contributed by atoms with Crippen molar-refractivity contribution in [3.63, 3.8) is 0 Å². The van der Waals surface area contributed by atoms with Crippen LogP contribution in [0.4, 0.5) is 0 Å². The van der Waals surface area contributed by atoms with Gasteiger partial charge < -0.3 is 14.2 Å². The first-order valence-electron chi connectivity index (χ1n) is 9.97. The molecule has 0 N–H and O–H groups in total. The van der Waals surface area contributed by atoms with E-state index < -0.39 is 0 Å². The fourth-order valence-electron chi connectivity index (χ4n) is 4.09. The summed E-state index contributed by atoms with van der Waals surface area (Å²) >= 11 is 0. The standard InChI is InChI=1S/C21H32N4O2/c1-6-25-19-10-9-16(23(4)13-15(2)3)12-18(19)20(22-25)21(26)24(5)14-17-8-7-11-27-17/h7-8,11,15-16H,6,9-10,12-14H2,1-5H3/t16-/m1/s1. The molecule has 0 aliphatic heterocycles. The summed E-state index contributed by atoms with van der Waals surface area (Å²) in [6, 6.07) is 4.20. The Labute approximate surface area is 162 Å². The molecule has 27 heavy (non-hydrogen) atoms. The van der Waals surface area contributed by atoms with Crippen LogP contribution in [0.2, 0.25) is 0 Å². The number of furan rings is 1. The van der Waals surface area contributed by atoms with Gasteiger partial charge >= 0.3 is 0 Å². The van der Waals surface area contributed by atoms with E-state index in [0.29, 0.717) is 24.2 Å². The van der Waals surface area contributed by atoms with Crippen molar-refractivity contribution in [2.24, 2.45) is 5.92 Å². The van der Waals surface area contributed by atoms with Gasteiger partial charge in [-0.1, -0.05) is 13.8 Å². The summed E-state index contributed by atoms with van der Waals surface area (Å²) < 4.78 is 7.40. The van der Waals surface area contributed by atoms with Crippen molar-refractivity contribution in [3.8, 4) is 0 Å². The molecule has 0 radical (unpaired) electrons. The number of amides is 1. The van der Waals surface area contributed by atoms with Crippen LogP contribution in [0.25, 0.3) is 0 Å². The number of hydrogen-bond acceptors (Lipinski definition) is 4. The van der Waals surface area contributed by atoms with Crippen molar-refractivity contribution in [2.75, 3.05) is 20.6 Å². The third-order valence-corrected chi connectivity index (χ3v) is 5.42. The van der Waals surface area contributed by atoms with E-state index in [-0.39, 0.29) is 5.91 Å². The second-order valence-corrected chi connectivity index (χ2v) is 8.06. The molecule has 2 aromatic rings. The topological polar surface area (TPSA) is 54.5 Å². The Morgan fingerprint density at radius 1 is 1.41 bits per heavy atom. The highest BCUT2D eigenvalue weighted by Crippen LogP contribution is 2.28. The molecule has 2 aromatic heterocycles. The molecular formula is C21H32N4O2. The van der Waals surface area contributed by atoms with Crippen LogP contribution in [-0.4, -0.2) is 52.2 Å². The number of nitrogens with zero attached hydrogens (tertiary/aromatic N) is 4. The van der Waals surface area contributed by atoms with Crippen LogP contribution in [0.5, 0.6) is 0 Å². The van der Waals surface area contributed by atoms with E-state index in [1.165, 1.54) is 5.69 Å². The van der Waals surface area contributed by atoms with Gasteiger partial charge in [-0.3, -0.25) is 9.48 Å². The molecule has 3 rings (SSSR count). The lowest BCUT2D eigenvalue weighted by Gasteiger charge is -2.32. The summed E-state index contributed by atoms with van der Waals surface area (Å²) in [5, 5.41) is 4.69. The van der Waals surface area contributed by atoms with Crippen LogP contribution in [0.15, 0.2) is 22.8 Å². The summed E-state index contributed by atoms with van der Waals surface area (Å²) in [4.78, 5) is 17.3. The van der Waals surface area contributed by atoms with Gasteiger partial charge in [0.25, 0.3) is 5.91 Å². The average molecular weight is 373 g/mol. The molecule has 1 atom stereocenters. The summed E-state index contributed by atoms with van der Waals surface area (Å²) in [5.74, 6) is 1.39. The number of carbonyl (C=O) groups is 1. The Morgan fingerprint density at radius 2 is 2.19 bits per heavy atom. The van der Waals surface area contributed by atoms with E-state index in [0.717, 1.165) is 43.7 Å². The molecular weight excluding hydrogens is 340 g/mol. The van der Waals surface area contributed by atoms with Crippen molar-refractivity contribution < 1.29 is 9.21 Å². The molecule has 6 heteroatoms. The zero-order chi connectivity index (χ0) is 19.6. The third kappa shape index (κ3) is 4.26. The number of fused-ring (bicyclic) bond motifs is 1. The summed E-state index contributed by atoms with van der Waals surface area (Å²) in [6.45, 7) is 8.91. The highest BCUT2D eigenvalue weighted by molar-refractivity contribution is 5.94. The molecule has 1 amide bonds. The van der Waals surface area contributed by atoms with Gasteiger partial charge in [-0.25, -0.2) is 0 Å². The number of carbonyl (C=O) groups excluding carboxylic acids is 1. The summed E-state index contributed by atoms with van der Waals surface area (Å²) in [7, 11) is 4.01. The monoisotopic (exact) mass is 372 g/mol. The molecule has 1 aliphatic carbocycles. The summed E-state index contributed by atoms with van der Waals surface area (Å²) in [5.41, 5.74) is 2.99. The van der Waals surface area contributed by atoms with Crippen LogP contribution in [0.1, 0.15) is 54.7 Å². The zero-order valence-electron chi connectivity index (χ0n) is 17.2. The van der Waals surface area contributed by atoms with Gasteiger partial charge in [-0.05, 0) is 51.3 Å². The molecule has 0 aromatic carbocycles. The largest absolute Gasteiger partial charge is 0.467 e. The van der Waals surface area contributed by atoms with Gasteiger partial charge in [0.2, 0.25) is 0 Å². The quantitative estimate of drug-likeness (QED) is 0.749. The number of aromatic nitrogens is 2. The number of aryl methyl sites for hydroxylation is 1. The molecule has 0 fully saturated rings. The normalized spacial score (nSPS) is 16.8. The lowest BCUT2D eigenvalue weighted by atomic mass is 9.90. The van der Waals surface area contributed by atoms with Gasteiger partial charge in [0, 0.05) is 37.4 Å². The van der Waals surface area contributed by atoms with Gasteiger partial charge in [0.1, 0.15) is 5.76 Å². The Balaban J connectivity index is 1.82. The maximum absolute atomic E-state index is 13.1. The Bertz CT molecular complexity index is 763. The summed E-state index contributed by atoms with van der Waals surface area (Å²) in [6.07, 6.45) is 4.64. The molecule has 1 aliphatic rings. The molecule has 0 bridgehead atoms. The van der Waals surface area contributed by atoms with E-state index in [2.05, 4.69) is 32.7 Å². The first-order chi connectivity index (χ1) is 12.9. The van der Waals surface area contributed by atoms with Gasteiger partial charge in [0.15, 0.2) is 5.69 Å². The van der Waals surface area contributed by atoms with Gasteiger partial charge in [-0.2, -0.15) is 5.10 Å². The minimum Gasteiger partial charge on any atom is -0.467 e. The number of hydrogen-bond donors (Lipinski definition) is 0. The molecule has 0 saturated carbocycles. The first kappa shape index (κ1) is 19.7. The number of rotatable bonds is 7. The lowest BCUT2D eigenvalue weighted by molar-refractivity contribution is 0.0767. The fourth-order valence-corrected chi connectivity index (χ4v) is 4.09. The Morgan fingerprint density at radius 3 is 2.81 bits per heavy atom. The van der Waals surface area contributed by atoms with Crippen molar-refractivity contribution in [3.05, 3.63) is 41.1 Å². The lowest BCUT2D eigenvalue weighted by Crippen LogP contribution is -2.39. The van der Waals surface area contributed by atoms with E-state index >= 15 is 0 Å². The van der Waals surface area contributed by atoms with Crippen molar-refractivity contribution >= 4 is 5.91 Å². The van der Waals surface area contributed by atoms with E-state index in [4.69, 9.17) is 9.52 Å². The highest BCUT2D eigenvalue weighted by atomic mass is 16.3. The van der Waals surface area contributed by atoms with E-state index in [9.17, 15) is 4.79 Å². The van der Waals surface area contributed by atoms with Crippen LogP contribution < -0.4 is 0 Å². The van der Waals surface area contributed by atoms with E-state index in [1.807, 2.05) is 23.9 Å². The van der Waals surface area contributed by atoms with Crippen molar-refractivity contribution in [2.45, 2.75) is 59.2 Å². The van der Waals surface area contributed by atoms with Crippen LogP contribution >= 0.6 is 0 Å². The van der Waals surface area contributed by atoms with Crippen LogP contribution in [0, 0.1) is 5.92 Å². The predicted octanol–water partition coefficient (Wildman–Crippen LogP) is 3.21. The second kappa shape index (κ2) is 8.30. The van der Waals surface area contributed by atoms with Gasteiger partial charge in [-0.15, -0.1) is 0 Å². The fraction of sp³-hybridized carbons (Fsp3) is 0.619. The average Bonchev–Trinajstić information content (AvgIpc) is 3.27. The molecule has 0 saturated heterocycles. The van der Waals surface area contributed by atoms with Crippen molar-refractivity contribution in [1.82, 2.24) is 19.6 Å². The SMILES string of the molecule is CCn1nc(C(=O)N(C)Cc2ccco2)c2c1CC[C@@H](N(C)CC(C)C)C2. The Hall–Kier alpha value is -2.08. The van der Waals surface area contributed by atoms with Gasteiger partial charge in [0.05, 0.1) is 12.8 Å². The van der Waals surface area contributed by atoms with Crippen LogP contribution in [-0.2, 0) is 25.9 Å². The number of likely N-dealkylation sites (N-methyl/N-ethyl adjacent to an activating group) is 1. The maximum atomic E-state index is 13.1. The molecule has 0 spiro atoms. The van der Waals surface area contributed by atoms with E-state index in [1.54, 1.807) is 11.2 Å². The predicted molar refractivity (Wildman–Crippen MR) is 106 cm³/mol. The van der Waals surface area contributed by atoms with Crippen LogP contribution in [0.3, 0.4) is 0 Å². The van der Waals surface area contributed by atoms with Crippen molar-refractivity contribution in [1.29, 1.82) is 0 Å². The minimum absolute atomic E-state index is 0.0259. The molecule has 0 unspecified atom stereocenters. The third-order valence-electron chi connectivity index (χ3n) is 5.42.